The van der Waals surface area contributed by atoms with Crippen LogP contribution in [0, 0.1) is 11.3 Å². The van der Waals surface area contributed by atoms with Crippen LogP contribution in [-0.2, 0) is 18.4 Å². The molecule has 28 heavy (non-hydrogen) atoms. The van der Waals surface area contributed by atoms with Crippen molar-refractivity contribution >= 4 is 16.9 Å². The molecule has 0 spiro atoms. The number of ether oxygens (including phenoxy) is 1. The van der Waals surface area contributed by atoms with Crippen LogP contribution < -0.4 is 10.1 Å². The molecule has 3 rings (SSSR count). The van der Waals surface area contributed by atoms with Crippen LogP contribution in [0.25, 0.3) is 10.9 Å². The van der Waals surface area contributed by atoms with E-state index in [1.165, 1.54) is 23.7 Å². The van der Waals surface area contributed by atoms with Crippen molar-refractivity contribution in [2.24, 2.45) is 18.4 Å². The maximum absolute atomic E-state index is 10.6. The number of nitrogens with one attached hydrogen (secondary N) is 1. The largest absolute Gasteiger partial charge is 0.490 e. The second-order valence-electron chi connectivity index (χ2n) is 9.19. The topological polar surface area (TPSA) is 63.5 Å². The Balaban J connectivity index is 1.60. The summed E-state index contributed by atoms with van der Waals surface area (Å²) in [6, 6.07) is 8.48. The van der Waals surface area contributed by atoms with E-state index in [9.17, 15) is 4.79 Å². The molecule has 5 nitrogen and oxygen atoms in total. The normalized spacial score (nSPS) is 20.4. The van der Waals surface area contributed by atoms with E-state index in [1.807, 2.05) is 7.05 Å². The number of rotatable bonds is 7. The van der Waals surface area contributed by atoms with Crippen LogP contribution in [0.4, 0.5) is 0 Å². The van der Waals surface area contributed by atoms with Gasteiger partial charge in [0.2, 0.25) is 0 Å². The summed E-state index contributed by atoms with van der Waals surface area (Å²) in [5.41, 5.74) is 2.70. The number of hydrogen-bond donors (Lipinski definition) is 2. The van der Waals surface area contributed by atoms with Crippen LogP contribution in [0.2, 0.25) is 0 Å². The molecule has 1 aliphatic rings. The first-order chi connectivity index (χ1) is 13.2. The minimum atomic E-state index is -0.775. The van der Waals surface area contributed by atoms with Crippen LogP contribution in [0.3, 0.4) is 0 Å². The van der Waals surface area contributed by atoms with Crippen molar-refractivity contribution in [3.8, 4) is 5.75 Å². The molecule has 1 aromatic heterocycles. The van der Waals surface area contributed by atoms with Gasteiger partial charge in [-0.3, -0.25) is 4.79 Å². The fraction of sp³-hybridized carbons (Fsp3) is 0.609. The summed E-state index contributed by atoms with van der Waals surface area (Å²) >= 11 is 0. The minimum absolute atomic E-state index is 0.138. The zero-order chi connectivity index (χ0) is 20.3. The number of carboxylic acid groups (broad SMARTS) is 1. The Hall–Kier alpha value is -2.01. The number of hydrogen-bond acceptors (Lipinski definition) is 3. The van der Waals surface area contributed by atoms with Gasteiger partial charge >= 0.3 is 5.97 Å². The van der Waals surface area contributed by atoms with Crippen LogP contribution in [0.1, 0.15) is 58.6 Å². The third-order valence-corrected chi connectivity index (χ3v) is 6.14. The highest BCUT2D eigenvalue weighted by Gasteiger charge is 2.30. The van der Waals surface area contributed by atoms with E-state index in [0.29, 0.717) is 24.6 Å². The summed E-state index contributed by atoms with van der Waals surface area (Å²) in [6.07, 6.45) is 5.21. The maximum Gasteiger partial charge on any atom is 0.304 e. The Labute approximate surface area is 168 Å². The summed E-state index contributed by atoms with van der Waals surface area (Å²) in [7, 11) is 2.05. The molecule has 154 valence electrons. The molecule has 0 atom stereocenters. The summed E-state index contributed by atoms with van der Waals surface area (Å²) in [4.78, 5) is 10.6. The second kappa shape index (κ2) is 8.56. The number of fused-ring (bicyclic) bond motifs is 1. The van der Waals surface area contributed by atoms with Crippen LogP contribution in [-0.4, -0.2) is 28.3 Å². The minimum Gasteiger partial charge on any atom is -0.490 e. The lowest BCUT2D eigenvalue weighted by molar-refractivity contribution is -0.136. The van der Waals surface area contributed by atoms with Gasteiger partial charge in [-0.1, -0.05) is 20.8 Å². The zero-order valence-corrected chi connectivity index (χ0v) is 17.6. The number of nitrogens with zero attached hydrogens (tertiary/aromatic N) is 1. The number of aliphatic carboxylic acids is 1. The van der Waals surface area contributed by atoms with Gasteiger partial charge < -0.3 is 19.7 Å². The third-order valence-electron chi connectivity index (χ3n) is 6.14. The smallest absolute Gasteiger partial charge is 0.304 e. The molecule has 2 aromatic rings. The molecule has 1 aliphatic carbocycles. The van der Waals surface area contributed by atoms with Gasteiger partial charge in [0.15, 0.2) is 0 Å². The molecule has 0 saturated heterocycles. The predicted molar refractivity (Wildman–Crippen MR) is 113 cm³/mol. The molecule has 5 heteroatoms. The molecular weight excluding hydrogens is 352 g/mol. The van der Waals surface area contributed by atoms with E-state index >= 15 is 0 Å². The van der Waals surface area contributed by atoms with E-state index < -0.39 is 5.97 Å². The standard InChI is InChI=1S/C23H34N2O3/c1-23(2,3)17-5-7-19(8-6-17)28-20-9-10-21-16(14-20)13-18(25(21)4)15-24-12-11-22(26)27/h9-10,13-14,17,19,24H,5-8,11-12,15H2,1-4H3,(H,26,27). The Morgan fingerprint density at radius 2 is 1.93 bits per heavy atom. The van der Waals surface area contributed by atoms with Crippen molar-refractivity contribution in [2.45, 2.75) is 65.5 Å². The molecule has 1 heterocycles. The highest BCUT2D eigenvalue weighted by molar-refractivity contribution is 5.82. The Bertz CT molecular complexity index is 811. The quantitative estimate of drug-likeness (QED) is 0.676. The van der Waals surface area contributed by atoms with Gasteiger partial charge in [-0.15, -0.1) is 0 Å². The number of aromatic nitrogens is 1. The van der Waals surface area contributed by atoms with Crippen LogP contribution in [0.5, 0.6) is 5.75 Å². The Kier molecular flexibility index (Phi) is 6.33. The van der Waals surface area contributed by atoms with Gasteiger partial charge in [0.25, 0.3) is 0 Å². The van der Waals surface area contributed by atoms with Crippen LogP contribution >= 0.6 is 0 Å². The van der Waals surface area contributed by atoms with Gasteiger partial charge in [0, 0.05) is 36.7 Å². The van der Waals surface area contributed by atoms with E-state index in [1.54, 1.807) is 0 Å². The summed E-state index contributed by atoms with van der Waals surface area (Å²) in [5, 5.41) is 13.1. The van der Waals surface area contributed by atoms with E-state index in [2.05, 4.69) is 54.9 Å². The van der Waals surface area contributed by atoms with Gasteiger partial charge in [-0.05, 0) is 61.3 Å². The van der Waals surface area contributed by atoms with E-state index in [0.717, 1.165) is 30.2 Å². The van der Waals surface area contributed by atoms with E-state index in [4.69, 9.17) is 9.84 Å². The predicted octanol–water partition coefficient (Wildman–Crippen LogP) is 4.73. The Morgan fingerprint density at radius 3 is 2.57 bits per heavy atom. The first-order valence-electron chi connectivity index (χ1n) is 10.4. The monoisotopic (exact) mass is 386 g/mol. The van der Waals surface area contributed by atoms with Gasteiger partial charge in [0.05, 0.1) is 12.5 Å². The lowest BCUT2D eigenvalue weighted by atomic mass is 9.72. The molecule has 1 aromatic carbocycles. The van der Waals surface area contributed by atoms with Crippen molar-refractivity contribution < 1.29 is 14.6 Å². The third kappa shape index (κ3) is 5.07. The van der Waals surface area contributed by atoms with Gasteiger partial charge in [0.1, 0.15) is 5.75 Å². The molecule has 0 bridgehead atoms. The van der Waals surface area contributed by atoms with Crippen molar-refractivity contribution in [2.75, 3.05) is 6.54 Å². The molecular formula is C23H34N2O3. The van der Waals surface area contributed by atoms with Crippen molar-refractivity contribution in [1.29, 1.82) is 0 Å². The average Bonchev–Trinajstić information content (AvgIpc) is 2.94. The fourth-order valence-corrected chi connectivity index (χ4v) is 4.28. The SMILES string of the molecule is Cn1c(CNCCC(=O)O)cc2cc(OC3CCC(C(C)(C)C)CC3)ccc21. The number of carboxylic acids is 1. The molecule has 0 aliphatic heterocycles. The molecule has 1 saturated carbocycles. The summed E-state index contributed by atoms with van der Waals surface area (Å²) < 4.78 is 8.46. The lowest BCUT2D eigenvalue weighted by Crippen LogP contribution is -2.30. The lowest BCUT2D eigenvalue weighted by Gasteiger charge is -2.36. The first kappa shape index (κ1) is 20.7. The first-order valence-corrected chi connectivity index (χ1v) is 10.4. The fourth-order valence-electron chi connectivity index (χ4n) is 4.28. The summed E-state index contributed by atoms with van der Waals surface area (Å²) in [6.45, 7) is 8.16. The van der Waals surface area contributed by atoms with Gasteiger partial charge in [-0.25, -0.2) is 0 Å². The second-order valence-corrected chi connectivity index (χ2v) is 9.19. The molecule has 0 radical (unpaired) electrons. The number of aryl methyl sites for hydroxylation is 1. The average molecular weight is 387 g/mol. The van der Waals surface area contributed by atoms with Crippen molar-refractivity contribution in [1.82, 2.24) is 9.88 Å². The molecule has 0 unspecified atom stereocenters. The maximum atomic E-state index is 10.6. The highest BCUT2D eigenvalue weighted by Crippen LogP contribution is 2.39. The molecule has 1 fully saturated rings. The number of carbonyl (C=O) groups is 1. The van der Waals surface area contributed by atoms with Crippen LogP contribution in [0.15, 0.2) is 24.3 Å². The van der Waals surface area contributed by atoms with Crippen molar-refractivity contribution in [3.63, 3.8) is 0 Å². The van der Waals surface area contributed by atoms with E-state index in [-0.39, 0.29) is 6.42 Å². The molecule has 0 amide bonds. The zero-order valence-electron chi connectivity index (χ0n) is 17.6. The number of benzene rings is 1. The highest BCUT2D eigenvalue weighted by atomic mass is 16.5. The van der Waals surface area contributed by atoms with Gasteiger partial charge in [-0.2, -0.15) is 0 Å². The molecule has 2 N–H and O–H groups in total. The van der Waals surface area contributed by atoms with Crippen molar-refractivity contribution in [3.05, 3.63) is 30.0 Å². The Morgan fingerprint density at radius 1 is 1.21 bits per heavy atom. The summed E-state index contributed by atoms with van der Waals surface area (Å²) in [5.74, 6) is 0.964.